The quantitative estimate of drug-likeness (QED) is 0.594. The Hall–Kier alpha value is -2.71. The van der Waals surface area contributed by atoms with E-state index in [1.807, 2.05) is 42.5 Å². The third-order valence-electron chi connectivity index (χ3n) is 3.97. The van der Waals surface area contributed by atoms with Crippen LogP contribution in [0.2, 0.25) is 0 Å². The molecule has 0 aliphatic rings. The van der Waals surface area contributed by atoms with E-state index in [1.165, 1.54) is 0 Å². The number of aromatic amines is 2. The van der Waals surface area contributed by atoms with Gasteiger partial charge in [0.2, 0.25) is 0 Å². The molecule has 3 rings (SSSR count). The number of hydrogen-bond acceptors (Lipinski definition) is 5. The summed E-state index contributed by atoms with van der Waals surface area (Å²) in [7, 11) is 1.95. The van der Waals surface area contributed by atoms with E-state index in [0.717, 1.165) is 16.3 Å². The van der Waals surface area contributed by atoms with Gasteiger partial charge >= 0.3 is 0 Å². The van der Waals surface area contributed by atoms with E-state index in [1.54, 1.807) is 29.7 Å². The van der Waals surface area contributed by atoms with Gasteiger partial charge in [-0.2, -0.15) is 5.10 Å². The summed E-state index contributed by atoms with van der Waals surface area (Å²) in [5.41, 5.74) is 1.48. The minimum absolute atomic E-state index is 0.119. The molecule has 3 N–H and O–H groups in total. The fourth-order valence-corrected chi connectivity index (χ4v) is 3.41. The highest BCUT2D eigenvalue weighted by molar-refractivity contribution is 7.10. The Morgan fingerprint density at radius 3 is 2.73 bits per heavy atom. The van der Waals surface area contributed by atoms with Crippen molar-refractivity contribution in [3.05, 3.63) is 74.1 Å². The summed E-state index contributed by atoms with van der Waals surface area (Å²) in [4.78, 5) is 30.5. The van der Waals surface area contributed by atoms with Crippen LogP contribution >= 0.6 is 11.3 Å². The first kappa shape index (κ1) is 18.1. The number of H-pyrrole nitrogens is 2. The number of thiophene rings is 1. The Kier molecular flexibility index (Phi) is 5.65. The van der Waals surface area contributed by atoms with Gasteiger partial charge in [-0.3, -0.25) is 19.6 Å². The zero-order chi connectivity index (χ0) is 18.5. The third-order valence-corrected chi connectivity index (χ3v) is 5.03. The first-order valence-electron chi connectivity index (χ1n) is 8.26. The second kappa shape index (κ2) is 8.11. The largest absolute Gasteiger partial charge is 0.345 e. The summed E-state index contributed by atoms with van der Waals surface area (Å²) < 4.78 is 0. The van der Waals surface area contributed by atoms with E-state index in [4.69, 9.17) is 0 Å². The Morgan fingerprint density at radius 1 is 1.27 bits per heavy atom. The van der Waals surface area contributed by atoms with Gasteiger partial charge in [-0.15, -0.1) is 11.3 Å². The number of nitrogens with zero attached hydrogens (tertiary/aromatic N) is 2. The molecular formula is C18H21N5O2S. The van der Waals surface area contributed by atoms with E-state index in [0.29, 0.717) is 13.1 Å². The molecule has 7 nitrogen and oxygen atoms in total. The highest BCUT2D eigenvalue weighted by atomic mass is 32.1. The second-order valence-corrected chi connectivity index (χ2v) is 7.17. The van der Waals surface area contributed by atoms with Crippen molar-refractivity contribution >= 4 is 17.2 Å². The molecule has 136 valence electrons. The predicted molar refractivity (Wildman–Crippen MR) is 101 cm³/mol. The number of carbonyl (C=O) groups is 1. The molecule has 8 heteroatoms. The van der Waals surface area contributed by atoms with E-state index in [-0.39, 0.29) is 23.1 Å². The SMILES string of the molecule is CC(NC(=O)c1ccc(CN(C)Cc2ccn[nH]2)[nH]c1=O)c1cccs1. The number of rotatable bonds is 7. The van der Waals surface area contributed by atoms with Crippen molar-refractivity contribution in [3.63, 3.8) is 0 Å². The average molecular weight is 371 g/mol. The van der Waals surface area contributed by atoms with Crippen molar-refractivity contribution in [1.29, 1.82) is 0 Å². The van der Waals surface area contributed by atoms with Gasteiger partial charge in [0.15, 0.2) is 0 Å². The maximum absolute atomic E-state index is 12.4. The van der Waals surface area contributed by atoms with Gasteiger partial charge in [0, 0.05) is 35.6 Å². The molecule has 0 aliphatic carbocycles. The van der Waals surface area contributed by atoms with E-state index in [9.17, 15) is 9.59 Å². The first-order valence-corrected chi connectivity index (χ1v) is 9.14. The lowest BCUT2D eigenvalue weighted by Gasteiger charge is -2.16. The van der Waals surface area contributed by atoms with Crippen molar-refractivity contribution in [2.24, 2.45) is 0 Å². The molecule has 26 heavy (non-hydrogen) atoms. The molecule has 0 aliphatic heterocycles. The molecule has 1 unspecified atom stereocenters. The van der Waals surface area contributed by atoms with Gasteiger partial charge in [-0.05, 0) is 43.6 Å². The van der Waals surface area contributed by atoms with Gasteiger partial charge in [-0.25, -0.2) is 0 Å². The monoisotopic (exact) mass is 371 g/mol. The number of aromatic nitrogens is 3. The maximum Gasteiger partial charge on any atom is 0.261 e. The fraction of sp³-hybridized carbons (Fsp3) is 0.278. The van der Waals surface area contributed by atoms with Crippen molar-refractivity contribution < 1.29 is 4.79 Å². The van der Waals surface area contributed by atoms with Crippen LogP contribution in [0.15, 0.2) is 46.7 Å². The van der Waals surface area contributed by atoms with E-state index in [2.05, 4.69) is 20.5 Å². The van der Waals surface area contributed by atoms with Crippen LogP contribution < -0.4 is 10.9 Å². The summed E-state index contributed by atoms with van der Waals surface area (Å²) in [5, 5.41) is 11.6. The number of pyridine rings is 1. The summed E-state index contributed by atoms with van der Waals surface area (Å²) in [5.74, 6) is -0.371. The van der Waals surface area contributed by atoms with E-state index < -0.39 is 0 Å². The summed E-state index contributed by atoms with van der Waals surface area (Å²) in [6.45, 7) is 3.14. The zero-order valence-corrected chi connectivity index (χ0v) is 15.5. The molecule has 3 heterocycles. The molecule has 1 atom stereocenters. The van der Waals surface area contributed by atoms with Gasteiger partial charge in [0.25, 0.3) is 11.5 Å². The highest BCUT2D eigenvalue weighted by Crippen LogP contribution is 2.18. The zero-order valence-electron chi connectivity index (χ0n) is 14.7. The summed E-state index contributed by atoms with van der Waals surface area (Å²) in [6.07, 6.45) is 1.70. The Bertz CT molecular complexity index is 902. The van der Waals surface area contributed by atoms with Crippen molar-refractivity contribution in [2.75, 3.05) is 7.05 Å². The molecule has 1 amide bonds. The molecular weight excluding hydrogens is 350 g/mol. The van der Waals surface area contributed by atoms with E-state index >= 15 is 0 Å². The predicted octanol–water partition coefficient (Wildman–Crippen LogP) is 2.28. The van der Waals surface area contributed by atoms with Crippen molar-refractivity contribution in [1.82, 2.24) is 25.4 Å². The second-order valence-electron chi connectivity index (χ2n) is 6.19. The van der Waals surface area contributed by atoms with Crippen LogP contribution in [0, 0.1) is 0 Å². The minimum atomic E-state index is -0.381. The van der Waals surface area contributed by atoms with Crippen LogP contribution in [0.4, 0.5) is 0 Å². The maximum atomic E-state index is 12.4. The third kappa shape index (κ3) is 4.47. The summed E-state index contributed by atoms with van der Waals surface area (Å²) >= 11 is 1.57. The minimum Gasteiger partial charge on any atom is -0.345 e. The number of nitrogens with one attached hydrogen (secondary N) is 3. The smallest absolute Gasteiger partial charge is 0.261 e. The lowest BCUT2D eigenvalue weighted by Crippen LogP contribution is -2.32. The number of hydrogen-bond donors (Lipinski definition) is 3. The molecule has 0 saturated heterocycles. The molecule has 3 aromatic heterocycles. The lowest BCUT2D eigenvalue weighted by molar-refractivity contribution is 0.0939. The molecule has 0 bridgehead atoms. The summed E-state index contributed by atoms with van der Waals surface area (Å²) in [6, 6.07) is 9.01. The van der Waals surface area contributed by atoms with Crippen molar-refractivity contribution in [2.45, 2.75) is 26.1 Å². The molecule has 0 spiro atoms. The average Bonchev–Trinajstić information content (AvgIpc) is 3.28. The Morgan fingerprint density at radius 2 is 2.08 bits per heavy atom. The molecule has 0 saturated carbocycles. The van der Waals surface area contributed by atoms with Crippen LogP contribution in [0.1, 0.15) is 39.6 Å². The Labute approximate surface area is 155 Å². The van der Waals surface area contributed by atoms with Gasteiger partial charge in [0.05, 0.1) is 6.04 Å². The van der Waals surface area contributed by atoms with Crippen LogP contribution in [0.3, 0.4) is 0 Å². The van der Waals surface area contributed by atoms with Gasteiger partial charge in [0.1, 0.15) is 5.56 Å². The van der Waals surface area contributed by atoms with Gasteiger partial charge in [-0.1, -0.05) is 6.07 Å². The first-order chi connectivity index (χ1) is 12.5. The number of amides is 1. The number of carbonyl (C=O) groups excluding carboxylic acids is 1. The van der Waals surface area contributed by atoms with Crippen LogP contribution in [-0.2, 0) is 13.1 Å². The molecule has 0 radical (unpaired) electrons. The standard InChI is InChI=1S/C18H21N5O2S/c1-12(16-4-3-9-26-16)20-17(24)15-6-5-13(21-18(15)25)10-23(2)11-14-7-8-19-22-14/h3-9,12H,10-11H2,1-2H3,(H,19,22)(H,20,24)(H,21,25). The fourth-order valence-electron chi connectivity index (χ4n) is 2.68. The Balaban J connectivity index is 1.63. The van der Waals surface area contributed by atoms with Crippen LogP contribution in [0.5, 0.6) is 0 Å². The van der Waals surface area contributed by atoms with Gasteiger partial charge < -0.3 is 10.3 Å². The molecule has 0 fully saturated rings. The van der Waals surface area contributed by atoms with Crippen LogP contribution in [-0.4, -0.2) is 33.0 Å². The normalized spacial score (nSPS) is 12.3. The highest BCUT2D eigenvalue weighted by Gasteiger charge is 2.15. The van der Waals surface area contributed by atoms with Crippen molar-refractivity contribution in [3.8, 4) is 0 Å². The molecule has 3 aromatic rings. The topological polar surface area (TPSA) is 93.9 Å². The lowest BCUT2D eigenvalue weighted by atomic mass is 10.2. The molecule has 0 aromatic carbocycles. The van der Waals surface area contributed by atoms with Crippen LogP contribution in [0.25, 0.3) is 0 Å².